The third kappa shape index (κ3) is 9.58. The summed E-state index contributed by atoms with van der Waals surface area (Å²) in [7, 11) is 1.48. The number of carbonyl (C=O) groups excluding carboxylic acids is 2. The molecule has 7 rings (SSSR count). The molecule has 3 aromatic carbocycles. The minimum atomic E-state index is -0.793. The van der Waals surface area contributed by atoms with E-state index in [4.69, 9.17) is 24.7 Å². The summed E-state index contributed by atoms with van der Waals surface area (Å²) >= 11 is 0. The van der Waals surface area contributed by atoms with Crippen LogP contribution in [0.1, 0.15) is 40.7 Å². The van der Waals surface area contributed by atoms with E-state index in [9.17, 15) is 9.59 Å². The molecule has 2 amide bonds. The number of nitrogens with one attached hydrogen (secondary N) is 1. The number of benzene rings is 3. The normalized spacial score (nSPS) is 18.7. The fourth-order valence-corrected chi connectivity index (χ4v) is 6.91. The molecule has 3 N–H and O–H groups in total. The second-order valence-corrected chi connectivity index (χ2v) is 13.1. The Morgan fingerprint density at radius 3 is 2.41 bits per heavy atom. The van der Waals surface area contributed by atoms with Crippen LogP contribution in [-0.2, 0) is 45.1 Å². The summed E-state index contributed by atoms with van der Waals surface area (Å²) in [6.45, 7) is 8.13. The number of nitrogens with zero attached hydrogens (tertiary/aromatic N) is 3. The van der Waals surface area contributed by atoms with E-state index in [2.05, 4.69) is 33.3 Å². The molecule has 4 aliphatic heterocycles. The van der Waals surface area contributed by atoms with Crippen molar-refractivity contribution in [1.29, 1.82) is 0 Å². The maximum atomic E-state index is 14.6. The summed E-state index contributed by atoms with van der Waals surface area (Å²) in [5.74, 6) is 1.79. The topological polar surface area (TPSA) is 119 Å². The van der Waals surface area contributed by atoms with Crippen LogP contribution in [0.25, 0.3) is 0 Å². The quantitative estimate of drug-likeness (QED) is 0.335. The number of methoxy groups -OCH3 is 1. The Balaban J connectivity index is 1.29. The van der Waals surface area contributed by atoms with Gasteiger partial charge in [0.15, 0.2) is 6.79 Å². The standard InChI is InChI=1S/C38H49N5O6/c1-46-26-36(44)40-35-23-30-20-31(37-32(21-30)25-47-27-48-37)19-28-7-9-33(10-8-28)49-34-6-2-5-29(22-34)24-43(38(35)45)14-4-13-42-17-15-41(16-18-42)12-3-11-39/h2,5-10,20-22,35H,3-4,11-19,23-27,39H2,1H3,(H,40,44)/t35-/m0/s1. The van der Waals surface area contributed by atoms with Gasteiger partial charge in [-0.3, -0.25) is 9.59 Å². The van der Waals surface area contributed by atoms with Crippen LogP contribution < -0.4 is 20.5 Å². The molecule has 0 aromatic heterocycles. The minimum absolute atomic E-state index is 0.132. The molecule has 4 heterocycles. The molecule has 6 bridgehead atoms. The molecule has 262 valence electrons. The van der Waals surface area contributed by atoms with Crippen LogP contribution >= 0.6 is 0 Å². The average Bonchev–Trinajstić information content (AvgIpc) is 3.11. The van der Waals surface area contributed by atoms with Crippen molar-refractivity contribution in [3.05, 3.63) is 88.5 Å². The van der Waals surface area contributed by atoms with Crippen LogP contribution in [0.5, 0.6) is 17.2 Å². The molecule has 0 saturated carbocycles. The Morgan fingerprint density at radius 2 is 1.65 bits per heavy atom. The predicted molar refractivity (Wildman–Crippen MR) is 187 cm³/mol. The first-order valence-corrected chi connectivity index (χ1v) is 17.4. The van der Waals surface area contributed by atoms with Crippen molar-refractivity contribution < 1.29 is 28.5 Å². The predicted octanol–water partition coefficient (Wildman–Crippen LogP) is 3.31. The second-order valence-electron chi connectivity index (χ2n) is 13.1. The first-order valence-electron chi connectivity index (χ1n) is 17.4. The smallest absolute Gasteiger partial charge is 0.246 e. The molecule has 1 fully saturated rings. The number of carbonyl (C=O) groups is 2. The van der Waals surface area contributed by atoms with Crippen molar-refractivity contribution >= 4 is 11.8 Å². The Labute approximate surface area is 289 Å². The highest BCUT2D eigenvalue weighted by molar-refractivity contribution is 5.88. The Morgan fingerprint density at radius 1 is 0.898 bits per heavy atom. The number of fused-ring (bicyclic) bond motifs is 7. The van der Waals surface area contributed by atoms with Crippen LogP contribution in [-0.4, -0.2) is 105 Å². The molecule has 0 aliphatic carbocycles. The van der Waals surface area contributed by atoms with Crippen molar-refractivity contribution in [2.75, 3.05) is 72.9 Å². The molecule has 0 unspecified atom stereocenters. The molecule has 11 nitrogen and oxygen atoms in total. The summed E-state index contributed by atoms with van der Waals surface area (Å²) in [6.07, 6.45) is 2.78. The van der Waals surface area contributed by atoms with E-state index in [0.717, 1.165) is 98.0 Å². The van der Waals surface area contributed by atoms with Crippen LogP contribution in [0.2, 0.25) is 0 Å². The molecule has 1 saturated heterocycles. The molecular formula is C38H49N5O6. The number of rotatable bonds is 10. The summed E-state index contributed by atoms with van der Waals surface area (Å²) in [5, 5.41) is 3.00. The fourth-order valence-electron chi connectivity index (χ4n) is 6.91. The third-order valence-corrected chi connectivity index (χ3v) is 9.38. The van der Waals surface area contributed by atoms with Gasteiger partial charge in [-0.1, -0.05) is 30.3 Å². The Hall–Kier alpha value is -4.00. The van der Waals surface area contributed by atoms with E-state index in [0.29, 0.717) is 38.3 Å². The maximum absolute atomic E-state index is 14.6. The Kier molecular flexibility index (Phi) is 12.2. The van der Waals surface area contributed by atoms with E-state index < -0.39 is 6.04 Å². The van der Waals surface area contributed by atoms with Gasteiger partial charge < -0.3 is 44.7 Å². The lowest BCUT2D eigenvalue weighted by Crippen LogP contribution is -2.51. The van der Waals surface area contributed by atoms with Crippen molar-refractivity contribution in [3.63, 3.8) is 0 Å². The van der Waals surface area contributed by atoms with Gasteiger partial charge in [-0.2, -0.15) is 0 Å². The number of hydrogen-bond donors (Lipinski definition) is 2. The van der Waals surface area contributed by atoms with Gasteiger partial charge in [0.25, 0.3) is 0 Å². The van der Waals surface area contributed by atoms with Gasteiger partial charge in [0.1, 0.15) is 29.9 Å². The van der Waals surface area contributed by atoms with Gasteiger partial charge >= 0.3 is 0 Å². The summed E-state index contributed by atoms with van der Waals surface area (Å²) in [4.78, 5) is 34.4. The molecule has 0 spiro atoms. The zero-order valence-electron chi connectivity index (χ0n) is 28.5. The van der Waals surface area contributed by atoms with Gasteiger partial charge in [-0.15, -0.1) is 0 Å². The lowest BCUT2D eigenvalue weighted by atomic mass is 9.94. The number of ether oxygens (including phenoxy) is 4. The monoisotopic (exact) mass is 671 g/mol. The minimum Gasteiger partial charge on any atom is -0.467 e. The highest BCUT2D eigenvalue weighted by Crippen LogP contribution is 2.33. The zero-order valence-corrected chi connectivity index (χ0v) is 28.5. The largest absolute Gasteiger partial charge is 0.467 e. The maximum Gasteiger partial charge on any atom is 0.246 e. The van der Waals surface area contributed by atoms with Gasteiger partial charge in [0.05, 0.1) is 6.61 Å². The highest BCUT2D eigenvalue weighted by Gasteiger charge is 2.28. The summed E-state index contributed by atoms with van der Waals surface area (Å²) in [5.41, 5.74) is 10.6. The lowest BCUT2D eigenvalue weighted by Gasteiger charge is -2.35. The van der Waals surface area contributed by atoms with Gasteiger partial charge in [0, 0.05) is 64.8 Å². The van der Waals surface area contributed by atoms with E-state index in [1.165, 1.54) is 7.11 Å². The van der Waals surface area contributed by atoms with Crippen LogP contribution in [0.4, 0.5) is 0 Å². The van der Waals surface area contributed by atoms with Gasteiger partial charge in [0.2, 0.25) is 11.8 Å². The number of nitrogens with two attached hydrogens (primary N) is 1. The number of amides is 2. The van der Waals surface area contributed by atoms with E-state index in [-0.39, 0.29) is 25.2 Å². The van der Waals surface area contributed by atoms with Crippen LogP contribution in [0, 0.1) is 0 Å². The summed E-state index contributed by atoms with van der Waals surface area (Å²) < 4.78 is 23.0. The molecule has 0 radical (unpaired) electrons. The lowest BCUT2D eigenvalue weighted by molar-refractivity contribution is -0.138. The van der Waals surface area contributed by atoms with Crippen molar-refractivity contribution in [2.45, 2.75) is 44.9 Å². The van der Waals surface area contributed by atoms with Crippen LogP contribution in [0.15, 0.2) is 60.7 Å². The first kappa shape index (κ1) is 34.8. The highest BCUT2D eigenvalue weighted by atomic mass is 16.7. The van der Waals surface area contributed by atoms with Crippen molar-refractivity contribution in [3.8, 4) is 17.2 Å². The van der Waals surface area contributed by atoms with E-state index in [1.54, 1.807) is 0 Å². The zero-order chi connectivity index (χ0) is 34.0. The fraction of sp³-hybridized carbons (Fsp3) is 0.474. The third-order valence-electron chi connectivity index (χ3n) is 9.38. The molecule has 11 heteroatoms. The Bertz CT molecular complexity index is 1560. The SMILES string of the molecule is COCC(=O)N[C@H]1Cc2cc3c(c(c2)Cc2ccc(cc2)Oc2cccc(c2)CN(CCCN2CCN(CCCN)CC2)C1=O)OCOC3. The summed E-state index contributed by atoms with van der Waals surface area (Å²) in [6, 6.07) is 19.3. The molecule has 1 atom stereocenters. The number of piperazine rings is 1. The van der Waals surface area contributed by atoms with Gasteiger partial charge in [-0.25, -0.2) is 0 Å². The second kappa shape index (κ2) is 17.1. The van der Waals surface area contributed by atoms with Crippen molar-refractivity contribution in [2.24, 2.45) is 5.73 Å². The first-order chi connectivity index (χ1) is 24.0. The van der Waals surface area contributed by atoms with Crippen molar-refractivity contribution in [1.82, 2.24) is 20.0 Å². The molecule has 3 aromatic rings. The number of hydrogen-bond acceptors (Lipinski definition) is 9. The average molecular weight is 672 g/mol. The van der Waals surface area contributed by atoms with E-state index in [1.807, 2.05) is 47.4 Å². The van der Waals surface area contributed by atoms with E-state index >= 15 is 0 Å². The molecular weight excluding hydrogens is 622 g/mol. The molecule has 4 aliphatic rings. The molecule has 49 heavy (non-hydrogen) atoms. The van der Waals surface area contributed by atoms with Gasteiger partial charge in [-0.05, 0) is 85.1 Å². The van der Waals surface area contributed by atoms with Crippen LogP contribution in [0.3, 0.4) is 0 Å².